The summed E-state index contributed by atoms with van der Waals surface area (Å²) in [5.74, 6) is -1.34. The van der Waals surface area contributed by atoms with E-state index in [1.807, 2.05) is 105 Å². The van der Waals surface area contributed by atoms with Crippen molar-refractivity contribution in [3.05, 3.63) is 118 Å². The molecule has 1 N–H and O–H groups in total. The normalized spacial score (nSPS) is 27.2. The first-order chi connectivity index (χ1) is 27.6. The first-order valence-electron chi connectivity index (χ1n) is 19.7. The summed E-state index contributed by atoms with van der Waals surface area (Å²) in [7, 11) is 0. The van der Waals surface area contributed by atoms with Crippen LogP contribution in [0.15, 0.2) is 96.1 Å². The molecule has 3 aromatic carbocycles. The van der Waals surface area contributed by atoms with E-state index in [4.69, 9.17) is 33.2 Å². The molecule has 10 atom stereocenters. The van der Waals surface area contributed by atoms with Gasteiger partial charge in [0.05, 0.1) is 31.0 Å². The van der Waals surface area contributed by atoms with E-state index in [9.17, 15) is 20.2 Å². The molecule has 0 aliphatic carbocycles. The van der Waals surface area contributed by atoms with Crippen molar-refractivity contribution in [1.82, 2.24) is 4.90 Å². The highest BCUT2D eigenvalue weighted by Gasteiger charge is 2.49. The van der Waals surface area contributed by atoms with Crippen molar-refractivity contribution in [2.75, 3.05) is 19.8 Å². The lowest BCUT2D eigenvalue weighted by molar-refractivity contribution is -0.330. The molecule has 0 spiro atoms. The van der Waals surface area contributed by atoms with Gasteiger partial charge in [0.15, 0.2) is 12.6 Å². The summed E-state index contributed by atoms with van der Waals surface area (Å²) < 4.78 is 42.6. The van der Waals surface area contributed by atoms with Crippen LogP contribution in [0.2, 0.25) is 0 Å². The van der Waals surface area contributed by atoms with Crippen LogP contribution in [-0.4, -0.2) is 91.0 Å². The molecule has 2 heterocycles. The Hall–Kier alpha value is -4.53. The predicted octanol–water partition coefficient (Wildman–Crippen LogP) is 7.33. The summed E-state index contributed by atoms with van der Waals surface area (Å²) in [5, 5.41) is 15.1. The summed E-state index contributed by atoms with van der Waals surface area (Å²) in [5.41, 5.74) is 12.5. The number of hydrogen-bond acceptors (Lipinski definition) is 11. The standard InChI is InChI=1S/C43H56N4O10/c1-29-37(45-46-44)42(51-24-16-8-15-23-47(25-33-17-9-5-10-18-33)43(50)54-27-35-21-13-7-14-22-35)56-36(28-52-32(4)48)39(29)57-41-30(2)40(38(49)31(3)55-41)53-26-34-19-11-6-12-20-34/h5-7,9-14,17-22,29-31,36-42,49H,8,15-16,23-28H2,1-4H3/t29?,30?,31?,36?,37-,38+,39-,40-,41-,42-/m0/s1. The van der Waals surface area contributed by atoms with E-state index < -0.39 is 66.9 Å². The Morgan fingerprint density at radius 3 is 2.04 bits per heavy atom. The van der Waals surface area contributed by atoms with Crippen molar-refractivity contribution >= 4 is 12.1 Å². The van der Waals surface area contributed by atoms with Gasteiger partial charge in [-0.2, -0.15) is 0 Å². The van der Waals surface area contributed by atoms with Gasteiger partial charge in [-0.1, -0.05) is 110 Å². The van der Waals surface area contributed by atoms with Crippen LogP contribution in [0, 0.1) is 11.8 Å². The van der Waals surface area contributed by atoms with Crippen molar-refractivity contribution in [2.24, 2.45) is 17.0 Å². The average molecular weight is 789 g/mol. The summed E-state index contributed by atoms with van der Waals surface area (Å²) in [4.78, 5) is 29.9. The maximum atomic E-state index is 13.2. The molecule has 0 saturated carbocycles. The van der Waals surface area contributed by atoms with E-state index in [0.717, 1.165) is 23.1 Å². The van der Waals surface area contributed by atoms with E-state index in [1.54, 1.807) is 11.8 Å². The number of benzene rings is 3. The number of carbonyl (C=O) groups is 2. The molecule has 1 amide bonds. The average Bonchev–Trinajstić information content (AvgIpc) is 3.22. The van der Waals surface area contributed by atoms with Gasteiger partial charge in [0.25, 0.3) is 0 Å². The molecule has 308 valence electrons. The summed E-state index contributed by atoms with van der Waals surface area (Å²) >= 11 is 0. The van der Waals surface area contributed by atoms with Gasteiger partial charge in [-0.25, -0.2) is 4.79 Å². The SMILES string of the molecule is CC(=O)OCC1O[C@H](OCCCCCN(Cc2ccccc2)C(=O)OCc2ccccc2)[C@@H](N=[N+]=[N-])C(C)[C@@H]1O[C@@H]1OC(C)[C@@H](O)[C@@H](OCc2ccccc2)C1C. The zero-order chi connectivity index (χ0) is 40.6. The molecular weight excluding hydrogens is 732 g/mol. The molecule has 2 aliphatic heterocycles. The smallest absolute Gasteiger partial charge is 0.410 e. The third kappa shape index (κ3) is 13.0. The zero-order valence-electron chi connectivity index (χ0n) is 33.2. The van der Waals surface area contributed by atoms with Crippen molar-refractivity contribution in [2.45, 2.75) is 116 Å². The number of hydrogen-bond donors (Lipinski definition) is 1. The Labute approximate surface area is 334 Å². The van der Waals surface area contributed by atoms with E-state index >= 15 is 0 Å². The fourth-order valence-electron chi connectivity index (χ4n) is 7.12. The van der Waals surface area contributed by atoms with Crippen LogP contribution in [0.4, 0.5) is 4.79 Å². The first kappa shape index (κ1) is 43.6. The molecule has 0 bridgehead atoms. The molecule has 14 nitrogen and oxygen atoms in total. The molecular formula is C43H56N4O10. The number of amides is 1. The van der Waals surface area contributed by atoms with Crippen molar-refractivity contribution < 1.29 is 47.9 Å². The van der Waals surface area contributed by atoms with E-state index in [0.29, 0.717) is 32.5 Å². The summed E-state index contributed by atoms with van der Waals surface area (Å²) in [6.45, 7) is 8.39. The highest BCUT2D eigenvalue weighted by atomic mass is 16.7. The highest BCUT2D eigenvalue weighted by Crippen LogP contribution is 2.37. The van der Waals surface area contributed by atoms with Crippen LogP contribution in [0.3, 0.4) is 0 Å². The minimum Gasteiger partial charge on any atom is -0.463 e. The quantitative estimate of drug-likeness (QED) is 0.0427. The minimum atomic E-state index is -0.939. The van der Waals surface area contributed by atoms with Crippen LogP contribution < -0.4 is 0 Å². The lowest BCUT2D eigenvalue weighted by Gasteiger charge is -2.48. The zero-order valence-corrected chi connectivity index (χ0v) is 33.2. The molecule has 0 radical (unpaired) electrons. The predicted molar refractivity (Wildman–Crippen MR) is 210 cm³/mol. The molecule has 57 heavy (non-hydrogen) atoms. The van der Waals surface area contributed by atoms with E-state index in [2.05, 4.69) is 10.0 Å². The van der Waals surface area contributed by atoms with Crippen molar-refractivity contribution in [3.8, 4) is 0 Å². The number of carbonyl (C=O) groups excluding carboxylic acids is 2. The Morgan fingerprint density at radius 2 is 1.40 bits per heavy atom. The summed E-state index contributed by atoms with van der Waals surface area (Å²) in [6.07, 6.45) is -3.67. The van der Waals surface area contributed by atoms with Gasteiger partial charge in [0.1, 0.15) is 25.4 Å². The molecule has 2 saturated heterocycles. The second kappa shape index (κ2) is 22.4. The second-order valence-corrected chi connectivity index (χ2v) is 14.7. The van der Waals surface area contributed by atoms with Crippen LogP contribution in [0.5, 0.6) is 0 Å². The number of aliphatic hydroxyl groups is 1. The van der Waals surface area contributed by atoms with Crippen LogP contribution in [0.1, 0.15) is 63.6 Å². The Morgan fingerprint density at radius 1 is 0.772 bits per heavy atom. The van der Waals surface area contributed by atoms with E-state index in [1.165, 1.54) is 6.92 Å². The van der Waals surface area contributed by atoms with Gasteiger partial charge in [-0.05, 0) is 54.3 Å². The molecule has 4 unspecified atom stereocenters. The highest BCUT2D eigenvalue weighted by molar-refractivity contribution is 5.67. The molecule has 5 rings (SSSR count). The first-order valence-corrected chi connectivity index (χ1v) is 19.7. The topological polar surface area (TPSA) is 171 Å². The number of azide groups is 1. The van der Waals surface area contributed by atoms with Gasteiger partial charge < -0.3 is 43.2 Å². The van der Waals surface area contributed by atoms with E-state index in [-0.39, 0.29) is 25.9 Å². The Kier molecular flexibility index (Phi) is 17.1. The van der Waals surface area contributed by atoms with Gasteiger partial charge in [0.2, 0.25) is 0 Å². The Bertz CT molecular complexity index is 1700. The molecule has 2 aliphatic rings. The van der Waals surface area contributed by atoms with Gasteiger partial charge in [-0.15, -0.1) is 0 Å². The molecule has 14 heteroatoms. The fraction of sp³-hybridized carbons (Fsp3) is 0.535. The summed E-state index contributed by atoms with van der Waals surface area (Å²) in [6, 6.07) is 28.3. The minimum absolute atomic E-state index is 0.127. The van der Waals surface area contributed by atoms with Crippen molar-refractivity contribution in [3.63, 3.8) is 0 Å². The van der Waals surface area contributed by atoms with Crippen LogP contribution >= 0.6 is 0 Å². The van der Waals surface area contributed by atoms with Gasteiger partial charge >= 0.3 is 12.1 Å². The lowest BCUT2D eigenvalue weighted by atomic mass is 9.88. The Balaban J connectivity index is 1.17. The molecule has 0 aromatic heterocycles. The monoisotopic (exact) mass is 788 g/mol. The number of rotatable bonds is 19. The van der Waals surface area contributed by atoms with Gasteiger partial charge in [0, 0.05) is 37.4 Å². The maximum absolute atomic E-state index is 13.2. The van der Waals surface area contributed by atoms with Crippen molar-refractivity contribution in [1.29, 1.82) is 0 Å². The third-order valence-corrected chi connectivity index (χ3v) is 10.4. The number of esters is 1. The maximum Gasteiger partial charge on any atom is 0.410 e. The lowest BCUT2D eigenvalue weighted by Crippen LogP contribution is -2.60. The van der Waals surface area contributed by atoms with Crippen LogP contribution in [-0.2, 0) is 57.7 Å². The number of nitrogens with zero attached hydrogens (tertiary/aromatic N) is 4. The third-order valence-electron chi connectivity index (χ3n) is 10.4. The number of ether oxygens (including phenoxy) is 7. The molecule has 3 aromatic rings. The second-order valence-electron chi connectivity index (χ2n) is 14.7. The van der Waals surface area contributed by atoms with Crippen LogP contribution in [0.25, 0.3) is 10.4 Å². The number of unbranched alkanes of at least 4 members (excludes halogenated alkanes) is 2. The largest absolute Gasteiger partial charge is 0.463 e. The fourth-order valence-corrected chi connectivity index (χ4v) is 7.12. The number of aliphatic hydroxyl groups excluding tert-OH is 1. The molecule has 2 fully saturated rings. The van der Waals surface area contributed by atoms with Gasteiger partial charge in [-0.3, -0.25) is 4.79 Å².